The minimum atomic E-state index is -1.11. The van der Waals surface area contributed by atoms with Crippen LogP contribution in [0.2, 0.25) is 0 Å². The molecule has 0 radical (unpaired) electrons. The Bertz CT molecular complexity index is 605. The highest BCUT2D eigenvalue weighted by atomic mass is 79.9. The molecule has 112 valence electrons. The fourth-order valence-corrected chi connectivity index (χ4v) is 2.36. The molecule has 2 N–H and O–H groups in total. The molecule has 1 heterocycles. The number of halogens is 1. The second kappa shape index (κ2) is 6.19. The van der Waals surface area contributed by atoms with E-state index in [4.69, 9.17) is 9.84 Å². The van der Waals surface area contributed by atoms with Gasteiger partial charge in [-0.05, 0) is 40.9 Å². The van der Waals surface area contributed by atoms with Crippen LogP contribution in [0.25, 0.3) is 0 Å². The Morgan fingerprint density at radius 3 is 2.62 bits per heavy atom. The van der Waals surface area contributed by atoms with Gasteiger partial charge in [-0.1, -0.05) is 0 Å². The summed E-state index contributed by atoms with van der Waals surface area (Å²) in [5.41, 5.74) is 0.0702. The van der Waals surface area contributed by atoms with E-state index in [2.05, 4.69) is 21.2 Å². The predicted octanol–water partition coefficient (Wildman–Crippen LogP) is 1.93. The van der Waals surface area contributed by atoms with Gasteiger partial charge in [-0.3, -0.25) is 14.9 Å². The van der Waals surface area contributed by atoms with E-state index < -0.39 is 29.0 Å². The number of amides is 1. The van der Waals surface area contributed by atoms with Gasteiger partial charge in [0.15, 0.2) is 6.10 Å². The number of carboxylic acid groups (broad SMARTS) is 1. The van der Waals surface area contributed by atoms with Crippen molar-refractivity contribution < 1.29 is 24.4 Å². The number of carbonyl (C=O) groups is 2. The number of nitro groups is 1. The largest absolute Gasteiger partial charge is 0.479 e. The van der Waals surface area contributed by atoms with Crippen molar-refractivity contribution >= 4 is 39.2 Å². The van der Waals surface area contributed by atoms with Gasteiger partial charge in [0.2, 0.25) is 0 Å². The molecule has 2 rings (SSSR count). The number of hydrogen-bond donors (Lipinski definition) is 2. The highest BCUT2D eigenvalue weighted by Crippen LogP contribution is 2.28. The van der Waals surface area contributed by atoms with Crippen LogP contribution in [0.3, 0.4) is 0 Å². The summed E-state index contributed by atoms with van der Waals surface area (Å²) in [5, 5.41) is 22.1. The molecule has 0 aliphatic carbocycles. The van der Waals surface area contributed by atoms with Crippen LogP contribution in [0.4, 0.5) is 11.4 Å². The molecule has 1 aromatic carbocycles. The van der Waals surface area contributed by atoms with Gasteiger partial charge in [0.05, 0.1) is 9.40 Å². The Hall–Kier alpha value is -2.00. The number of nitro benzene ring substituents is 1. The molecule has 21 heavy (non-hydrogen) atoms. The predicted molar refractivity (Wildman–Crippen MR) is 75.0 cm³/mol. The lowest BCUT2D eigenvalue weighted by atomic mass is 10.2. The van der Waals surface area contributed by atoms with Gasteiger partial charge < -0.3 is 15.2 Å². The number of ether oxygens (including phenoxy) is 1. The molecule has 1 amide bonds. The first-order chi connectivity index (χ1) is 9.88. The third-order valence-corrected chi connectivity index (χ3v) is 3.67. The van der Waals surface area contributed by atoms with E-state index in [1.54, 1.807) is 0 Å². The van der Waals surface area contributed by atoms with Crippen LogP contribution in [0.1, 0.15) is 12.8 Å². The number of carboxylic acids is 1. The maximum Gasteiger partial charge on any atom is 0.332 e. The third-order valence-electron chi connectivity index (χ3n) is 3.00. The van der Waals surface area contributed by atoms with Gasteiger partial charge in [-0.25, -0.2) is 4.79 Å². The lowest BCUT2D eigenvalue weighted by Crippen LogP contribution is -2.29. The van der Waals surface area contributed by atoms with Crippen LogP contribution in [-0.4, -0.2) is 34.1 Å². The van der Waals surface area contributed by atoms with Gasteiger partial charge >= 0.3 is 5.97 Å². The molecule has 0 aromatic heterocycles. The summed E-state index contributed by atoms with van der Waals surface area (Å²) < 4.78 is 5.40. The molecular weight excluding hydrogens is 348 g/mol. The standard InChI is InChI=1S/C12H11BrN2O6/c13-7-2-1-6(5-8(7)15(19)20)14-11(16)9-3-4-10(21-9)12(17)18/h1-2,5,9-10H,3-4H2,(H,14,16)(H,17,18)/t9-,10+/m0/s1. The second-order valence-corrected chi connectivity index (χ2v) is 5.30. The van der Waals surface area contributed by atoms with E-state index >= 15 is 0 Å². The lowest BCUT2D eigenvalue weighted by molar-refractivity contribution is -0.385. The summed E-state index contributed by atoms with van der Waals surface area (Å²) in [6, 6.07) is 4.16. The van der Waals surface area contributed by atoms with E-state index in [0.717, 1.165) is 0 Å². The number of carbonyl (C=O) groups excluding carboxylic acids is 1. The molecule has 8 nitrogen and oxygen atoms in total. The maximum atomic E-state index is 11.9. The molecule has 1 saturated heterocycles. The smallest absolute Gasteiger partial charge is 0.332 e. The second-order valence-electron chi connectivity index (χ2n) is 4.44. The molecule has 0 spiro atoms. The van der Waals surface area contributed by atoms with Crippen molar-refractivity contribution in [1.29, 1.82) is 0 Å². The number of nitrogens with zero attached hydrogens (tertiary/aromatic N) is 1. The molecular formula is C12H11BrN2O6. The van der Waals surface area contributed by atoms with Gasteiger partial charge in [0.25, 0.3) is 11.6 Å². The van der Waals surface area contributed by atoms with Crippen molar-refractivity contribution in [2.75, 3.05) is 5.32 Å². The number of benzene rings is 1. The first-order valence-corrected chi connectivity index (χ1v) is 6.81. The minimum Gasteiger partial charge on any atom is -0.479 e. The minimum absolute atomic E-state index is 0.177. The summed E-state index contributed by atoms with van der Waals surface area (Å²) >= 11 is 3.04. The molecule has 0 saturated carbocycles. The summed E-state index contributed by atoms with van der Waals surface area (Å²) in [4.78, 5) is 32.9. The van der Waals surface area contributed by atoms with Crippen LogP contribution in [0.15, 0.2) is 22.7 Å². The quantitative estimate of drug-likeness (QED) is 0.626. The summed E-state index contributed by atoms with van der Waals surface area (Å²) in [6.45, 7) is 0. The summed E-state index contributed by atoms with van der Waals surface area (Å²) in [7, 11) is 0. The number of hydrogen-bond acceptors (Lipinski definition) is 5. The van der Waals surface area contributed by atoms with Crippen LogP contribution in [0.5, 0.6) is 0 Å². The Morgan fingerprint density at radius 2 is 2.05 bits per heavy atom. The Morgan fingerprint density at radius 1 is 1.38 bits per heavy atom. The van der Waals surface area contributed by atoms with Gasteiger partial charge in [0, 0.05) is 11.8 Å². The van der Waals surface area contributed by atoms with Crippen molar-refractivity contribution in [3.63, 3.8) is 0 Å². The van der Waals surface area contributed by atoms with Crippen molar-refractivity contribution in [2.24, 2.45) is 0 Å². The highest BCUT2D eigenvalue weighted by Gasteiger charge is 2.34. The SMILES string of the molecule is O=C(Nc1ccc(Br)c([N+](=O)[O-])c1)[C@@H]1CC[C@H](C(=O)O)O1. The van der Waals surface area contributed by atoms with E-state index in [9.17, 15) is 19.7 Å². The van der Waals surface area contributed by atoms with Crippen LogP contribution < -0.4 is 5.32 Å². The first kappa shape index (κ1) is 15.4. The maximum absolute atomic E-state index is 11.9. The molecule has 0 unspecified atom stereocenters. The van der Waals surface area contributed by atoms with E-state index in [1.807, 2.05) is 0 Å². The van der Waals surface area contributed by atoms with Crippen molar-refractivity contribution in [1.82, 2.24) is 0 Å². The fraction of sp³-hybridized carbons (Fsp3) is 0.333. The molecule has 1 aliphatic rings. The number of rotatable bonds is 4. The number of anilines is 1. The number of aliphatic carboxylic acids is 1. The van der Waals surface area contributed by atoms with Crippen molar-refractivity contribution in [2.45, 2.75) is 25.0 Å². The normalized spacial score (nSPS) is 21.0. The van der Waals surface area contributed by atoms with E-state index in [-0.39, 0.29) is 17.8 Å². The average Bonchev–Trinajstić information content (AvgIpc) is 2.90. The topological polar surface area (TPSA) is 119 Å². The van der Waals surface area contributed by atoms with Gasteiger partial charge in [0.1, 0.15) is 6.10 Å². The van der Waals surface area contributed by atoms with Crippen LogP contribution in [0, 0.1) is 10.1 Å². The zero-order valence-corrected chi connectivity index (χ0v) is 12.2. The Labute approximate surface area is 127 Å². The Balaban J connectivity index is 2.05. The average molecular weight is 359 g/mol. The molecule has 0 bridgehead atoms. The zero-order chi connectivity index (χ0) is 15.6. The molecule has 1 aliphatic heterocycles. The monoisotopic (exact) mass is 358 g/mol. The highest BCUT2D eigenvalue weighted by molar-refractivity contribution is 9.10. The first-order valence-electron chi connectivity index (χ1n) is 6.01. The van der Waals surface area contributed by atoms with Crippen molar-refractivity contribution in [3.8, 4) is 0 Å². The van der Waals surface area contributed by atoms with Crippen molar-refractivity contribution in [3.05, 3.63) is 32.8 Å². The van der Waals surface area contributed by atoms with Crippen LogP contribution in [-0.2, 0) is 14.3 Å². The summed E-state index contributed by atoms with van der Waals surface area (Å²) in [5.74, 6) is -1.63. The molecule has 1 fully saturated rings. The van der Waals surface area contributed by atoms with E-state index in [1.165, 1.54) is 18.2 Å². The molecule has 2 atom stereocenters. The molecule has 1 aromatic rings. The third kappa shape index (κ3) is 3.56. The summed E-state index contributed by atoms with van der Waals surface area (Å²) in [6.07, 6.45) is -1.30. The molecule has 9 heteroatoms. The lowest BCUT2D eigenvalue weighted by Gasteiger charge is -2.11. The Kier molecular flexibility index (Phi) is 4.53. The number of nitrogens with one attached hydrogen (secondary N) is 1. The van der Waals surface area contributed by atoms with Gasteiger partial charge in [-0.2, -0.15) is 0 Å². The van der Waals surface area contributed by atoms with E-state index in [0.29, 0.717) is 10.9 Å². The van der Waals surface area contributed by atoms with Crippen LogP contribution >= 0.6 is 15.9 Å². The van der Waals surface area contributed by atoms with Gasteiger partial charge in [-0.15, -0.1) is 0 Å². The zero-order valence-electron chi connectivity index (χ0n) is 10.6. The fourth-order valence-electron chi connectivity index (χ4n) is 1.96.